The van der Waals surface area contributed by atoms with E-state index in [9.17, 15) is 0 Å². The topological polar surface area (TPSA) is 0 Å². The third kappa shape index (κ3) is 2.99. The Morgan fingerprint density at radius 1 is 1.67 bits per heavy atom. The van der Waals surface area contributed by atoms with Gasteiger partial charge in [0, 0.05) is 0 Å². The Hall–Kier alpha value is 0.780. The van der Waals surface area contributed by atoms with E-state index in [2.05, 4.69) is 19.8 Å². The summed E-state index contributed by atoms with van der Waals surface area (Å²) in [6.45, 7) is 4.54. The highest BCUT2D eigenvalue weighted by Gasteiger charge is 1.88. The van der Waals surface area contributed by atoms with Crippen LogP contribution in [-0.2, 0) is 0 Å². The summed E-state index contributed by atoms with van der Waals surface area (Å²) in [5, 5.41) is 0. The molecule has 0 radical (unpaired) electrons. The van der Waals surface area contributed by atoms with Crippen molar-refractivity contribution in [2.45, 2.75) is 6.92 Å². The van der Waals surface area contributed by atoms with Gasteiger partial charge in [0.1, 0.15) is 0 Å². The van der Waals surface area contributed by atoms with Gasteiger partial charge >= 0.3 is 0 Å². The van der Waals surface area contributed by atoms with Gasteiger partial charge in [0.2, 0.25) is 0 Å². The lowest BCUT2D eigenvalue weighted by Gasteiger charge is -1.99. The molecule has 0 spiro atoms. The first-order valence-electron chi connectivity index (χ1n) is 2.06. The Kier molecular flexibility index (Phi) is 4.47. The van der Waals surface area contributed by atoms with Crippen LogP contribution in [0, 0.1) is 0 Å². The van der Waals surface area contributed by atoms with Crippen molar-refractivity contribution in [1.29, 1.82) is 0 Å². The van der Waals surface area contributed by atoms with E-state index in [1.807, 2.05) is 11.4 Å². The summed E-state index contributed by atoms with van der Waals surface area (Å²) in [5.74, 6) is 0. The van der Waals surface area contributed by atoms with Crippen molar-refractivity contribution in [2.75, 3.05) is 19.1 Å². The quantitative estimate of drug-likeness (QED) is 0.507. The Morgan fingerprint density at radius 3 is 2.17 bits per heavy atom. The van der Waals surface area contributed by atoms with E-state index in [0.717, 1.165) is 0 Å². The Balaban J connectivity index is 2.75. The molecule has 0 aliphatic heterocycles. The maximum Gasteiger partial charge on any atom is -0.0142 e. The molecule has 0 heterocycles. The van der Waals surface area contributed by atoms with Gasteiger partial charge in [-0.3, -0.25) is 0 Å². The first-order valence-corrected chi connectivity index (χ1v) is 5.87. The SMILES string of the molecule is CCP(C)SC. The van der Waals surface area contributed by atoms with E-state index in [1.165, 1.54) is 6.16 Å². The lowest BCUT2D eigenvalue weighted by Crippen LogP contribution is -1.63. The van der Waals surface area contributed by atoms with E-state index in [-0.39, 0.29) is 0 Å². The van der Waals surface area contributed by atoms with Crippen LogP contribution in [0.5, 0.6) is 0 Å². The molecule has 0 aliphatic carbocycles. The van der Waals surface area contributed by atoms with Gasteiger partial charge in [-0.25, -0.2) is 0 Å². The summed E-state index contributed by atoms with van der Waals surface area (Å²) in [7, 11) is 0.341. The van der Waals surface area contributed by atoms with Gasteiger partial charge in [0.15, 0.2) is 0 Å². The van der Waals surface area contributed by atoms with Crippen molar-refractivity contribution >= 4 is 18.5 Å². The fourth-order valence-electron chi connectivity index (χ4n) is 0.129. The highest BCUT2D eigenvalue weighted by molar-refractivity contribution is 8.55. The van der Waals surface area contributed by atoms with Crippen LogP contribution in [0.25, 0.3) is 0 Å². The minimum Gasteiger partial charge on any atom is -0.138 e. The molecule has 0 aromatic heterocycles. The molecule has 0 nitrogen and oxygen atoms in total. The average Bonchev–Trinajstić information content (AvgIpc) is 1.65. The van der Waals surface area contributed by atoms with Crippen LogP contribution >= 0.6 is 18.5 Å². The molecule has 0 saturated carbocycles. The highest BCUT2D eigenvalue weighted by atomic mass is 32.7. The van der Waals surface area contributed by atoms with Gasteiger partial charge in [0.05, 0.1) is 0 Å². The van der Waals surface area contributed by atoms with E-state index in [0.29, 0.717) is 7.12 Å². The lowest BCUT2D eigenvalue weighted by molar-refractivity contribution is 1.51. The molecule has 2 heteroatoms. The van der Waals surface area contributed by atoms with Crippen molar-refractivity contribution in [3.63, 3.8) is 0 Å². The van der Waals surface area contributed by atoms with Crippen molar-refractivity contribution in [3.05, 3.63) is 0 Å². The predicted molar refractivity (Wildman–Crippen MR) is 36.9 cm³/mol. The van der Waals surface area contributed by atoms with Crippen molar-refractivity contribution in [2.24, 2.45) is 0 Å². The highest BCUT2D eigenvalue weighted by Crippen LogP contribution is 2.42. The Bertz CT molecular complexity index is 26.7. The van der Waals surface area contributed by atoms with E-state index in [4.69, 9.17) is 0 Å². The summed E-state index contributed by atoms with van der Waals surface area (Å²) >= 11 is 1.99. The van der Waals surface area contributed by atoms with Crippen LogP contribution in [0.4, 0.5) is 0 Å². The summed E-state index contributed by atoms with van der Waals surface area (Å²) < 4.78 is 0. The minimum absolute atomic E-state index is 0.341. The molecule has 0 N–H and O–H groups in total. The number of rotatable bonds is 2. The summed E-state index contributed by atoms with van der Waals surface area (Å²) in [6, 6.07) is 0. The average molecular weight is 122 g/mol. The second-order valence-corrected chi connectivity index (χ2v) is 6.35. The number of hydrogen-bond acceptors (Lipinski definition) is 1. The Morgan fingerprint density at radius 2 is 2.17 bits per heavy atom. The molecule has 0 saturated heterocycles. The third-order valence-corrected chi connectivity index (χ3v) is 4.92. The zero-order chi connectivity index (χ0) is 4.99. The summed E-state index contributed by atoms with van der Waals surface area (Å²) in [6.07, 6.45) is 3.53. The first kappa shape index (κ1) is 6.78. The molecule has 1 atom stereocenters. The summed E-state index contributed by atoms with van der Waals surface area (Å²) in [4.78, 5) is 0. The van der Waals surface area contributed by atoms with Crippen LogP contribution < -0.4 is 0 Å². The monoisotopic (exact) mass is 122 g/mol. The van der Waals surface area contributed by atoms with Crippen LogP contribution in [0.15, 0.2) is 0 Å². The molecule has 0 aromatic carbocycles. The van der Waals surface area contributed by atoms with Crippen LogP contribution in [0.1, 0.15) is 6.92 Å². The predicted octanol–water partition coefficient (Wildman–Crippen LogP) is 2.40. The first-order chi connectivity index (χ1) is 2.81. The van der Waals surface area contributed by atoms with Gasteiger partial charge in [-0.05, 0) is 19.1 Å². The molecule has 0 amide bonds. The van der Waals surface area contributed by atoms with Gasteiger partial charge < -0.3 is 0 Å². The van der Waals surface area contributed by atoms with E-state index >= 15 is 0 Å². The fraction of sp³-hybridized carbons (Fsp3) is 1.00. The molecule has 0 rings (SSSR count). The third-order valence-electron chi connectivity index (χ3n) is 0.757. The molecule has 0 bridgehead atoms. The molecule has 0 aromatic rings. The molecule has 1 unspecified atom stereocenters. The van der Waals surface area contributed by atoms with Crippen LogP contribution in [-0.4, -0.2) is 19.1 Å². The minimum atomic E-state index is 0.341. The lowest BCUT2D eigenvalue weighted by atomic mass is 11.0. The van der Waals surface area contributed by atoms with Crippen molar-refractivity contribution in [1.82, 2.24) is 0 Å². The van der Waals surface area contributed by atoms with Gasteiger partial charge in [0.25, 0.3) is 0 Å². The maximum atomic E-state index is 2.31. The zero-order valence-corrected chi connectivity index (χ0v) is 6.27. The second kappa shape index (κ2) is 3.95. The molecular weight excluding hydrogens is 111 g/mol. The normalized spacial score (nSPS) is 14.5. The summed E-state index contributed by atoms with van der Waals surface area (Å²) in [5.41, 5.74) is 0. The van der Waals surface area contributed by atoms with Crippen molar-refractivity contribution in [3.8, 4) is 0 Å². The van der Waals surface area contributed by atoms with Crippen molar-refractivity contribution < 1.29 is 0 Å². The molecule has 6 heavy (non-hydrogen) atoms. The number of hydrogen-bond donors (Lipinski definition) is 0. The standard InChI is InChI=1S/C4H11PS/c1-4-5(2)6-3/h4H2,1-3H3. The van der Waals surface area contributed by atoms with Gasteiger partial charge in [-0.2, -0.15) is 0 Å². The molecule has 0 fully saturated rings. The van der Waals surface area contributed by atoms with E-state index < -0.39 is 0 Å². The maximum absolute atomic E-state index is 2.31. The van der Waals surface area contributed by atoms with Gasteiger partial charge in [-0.15, -0.1) is 11.4 Å². The molecule has 38 valence electrons. The largest absolute Gasteiger partial charge is 0.138 e. The van der Waals surface area contributed by atoms with E-state index in [1.54, 1.807) is 0 Å². The zero-order valence-electron chi connectivity index (χ0n) is 4.56. The van der Waals surface area contributed by atoms with Crippen LogP contribution in [0.3, 0.4) is 0 Å². The molecular formula is C4H11PS. The van der Waals surface area contributed by atoms with Gasteiger partial charge in [-0.1, -0.05) is 14.0 Å². The molecule has 0 aliphatic rings. The second-order valence-electron chi connectivity index (χ2n) is 1.13. The fourth-order valence-corrected chi connectivity index (χ4v) is 1.16. The Labute approximate surface area is 45.2 Å². The smallest absolute Gasteiger partial charge is 0.0142 e. The van der Waals surface area contributed by atoms with Crippen LogP contribution in [0.2, 0.25) is 0 Å².